The molecule has 110 valence electrons. The fraction of sp³-hybridized carbons (Fsp3) is 0.231. The summed E-state index contributed by atoms with van der Waals surface area (Å²) in [7, 11) is 1.50. The van der Waals surface area contributed by atoms with E-state index in [9.17, 15) is 9.59 Å². The van der Waals surface area contributed by atoms with Crippen molar-refractivity contribution >= 4 is 23.5 Å². The fourth-order valence-corrected chi connectivity index (χ4v) is 1.94. The minimum atomic E-state index is -1.18. The Bertz CT molecular complexity index is 667. The average Bonchev–Trinajstić information content (AvgIpc) is 2.84. The van der Waals surface area contributed by atoms with Crippen molar-refractivity contribution < 1.29 is 14.7 Å². The van der Waals surface area contributed by atoms with E-state index < -0.39 is 5.97 Å². The van der Waals surface area contributed by atoms with Crippen molar-refractivity contribution in [2.24, 2.45) is 0 Å². The van der Waals surface area contributed by atoms with Gasteiger partial charge in [-0.3, -0.25) is 4.79 Å². The van der Waals surface area contributed by atoms with Crippen LogP contribution in [0.1, 0.15) is 21.7 Å². The second-order valence-corrected chi connectivity index (χ2v) is 4.76. The quantitative estimate of drug-likeness (QED) is 0.857. The molecule has 21 heavy (non-hydrogen) atoms. The molecule has 2 N–H and O–H groups in total. The van der Waals surface area contributed by atoms with Crippen molar-refractivity contribution in [3.63, 3.8) is 0 Å². The molecule has 0 aliphatic carbocycles. The van der Waals surface area contributed by atoms with Gasteiger partial charge in [-0.1, -0.05) is 28.9 Å². The molecule has 2 aromatic rings. The van der Waals surface area contributed by atoms with Crippen LogP contribution >= 0.6 is 11.6 Å². The number of aromatic nitrogens is 3. The van der Waals surface area contributed by atoms with Gasteiger partial charge >= 0.3 is 5.97 Å². The zero-order chi connectivity index (χ0) is 15.4. The van der Waals surface area contributed by atoms with Gasteiger partial charge in [0.15, 0.2) is 5.69 Å². The van der Waals surface area contributed by atoms with Gasteiger partial charge in [-0.05, 0) is 17.7 Å². The first kappa shape index (κ1) is 15.0. The van der Waals surface area contributed by atoms with Gasteiger partial charge in [0.05, 0.1) is 5.69 Å². The van der Waals surface area contributed by atoms with Crippen LogP contribution in [-0.2, 0) is 17.8 Å². The highest BCUT2D eigenvalue weighted by Gasteiger charge is 2.20. The number of benzene rings is 1. The number of carboxylic acids is 1. The summed E-state index contributed by atoms with van der Waals surface area (Å²) in [6.45, 7) is -0.0836. The van der Waals surface area contributed by atoms with Gasteiger partial charge in [0.25, 0.3) is 0 Å². The molecule has 1 heterocycles. The molecule has 0 aliphatic heterocycles. The topological polar surface area (TPSA) is 97.1 Å². The van der Waals surface area contributed by atoms with Gasteiger partial charge in [0, 0.05) is 18.5 Å². The predicted octanol–water partition coefficient (Wildman–Crippen LogP) is 0.967. The zero-order valence-electron chi connectivity index (χ0n) is 11.2. The third kappa shape index (κ3) is 3.57. The summed E-state index contributed by atoms with van der Waals surface area (Å²) in [6.07, 6.45) is 0.294. The lowest BCUT2D eigenvalue weighted by molar-refractivity contribution is -0.121. The van der Waals surface area contributed by atoms with Crippen LogP contribution < -0.4 is 5.32 Å². The van der Waals surface area contributed by atoms with Crippen LogP contribution in [0, 0.1) is 0 Å². The molecule has 1 aromatic heterocycles. The van der Waals surface area contributed by atoms with Crippen molar-refractivity contribution in [1.29, 1.82) is 0 Å². The Labute approximate surface area is 125 Å². The smallest absolute Gasteiger partial charge is 0.358 e. The first-order valence-corrected chi connectivity index (χ1v) is 6.49. The molecule has 0 unspecified atom stereocenters. The Kier molecular flexibility index (Phi) is 4.54. The lowest BCUT2D eigenvalue weighted by atomic mass is 10.1. The summed E-state index contributed by atoms with van der Waals surface area (Å²) in [6, 6.07) is 6.99. The Morgan fingerprint density at radius 1 is 1.33 bits per heavy atom. The number of halogens is 1. The van der Waals surface area contributed by atoms with Gasteiger partial charge in [0.2, 0.25) is 5.91 Å². The van der Waals surface area contributed by atoms with Gasteiger partial charge < -0.3 is 10.4 Å². The maximum atomic E-state index is 11.4. The lowest BCUT2D eigenvalue weighted by Gasteiger charge is -2.06. The summed E-state index contributed by atoms with van der Waals surface area (Å²) in [5.41, 5.74) is 1.06. The highest BCUT2D eigenvalue weighted by Crippen LogP contribution is 2.15. The number of nitrogens with one attached hydrogen (secondary N) is 1. The van der Waals surface area contributed by atoms with E-state index in [2.05, 4.69) is 15.6 Å². The van der Waals surface area contributed by atoms with E-state index in [-0.39, 0.29) is 18.1 Å². The Morgan fingerprint density at radius 2 is 2.00 bits per heavy atom. The third-order valence-electron chi connectivity index (χ3n) is 2.90. The minimum absolute atomic E-state index is 0.0836. The van der Waals surface area contributed by atoms with Gasteiger partial charge in [-0.15, -0.1) is 5.10 Å². The summed E-state index contributed by atoms with van der Waals surface area (Å²) in [5, 5.41) is 19.6. The van der Waals surface area contributed by atoms with Gasteiger partial charge in [0.1, 0.15) is 6.54 Å². The molecule has 0 saturated heterocycles. The van der Waals surface area contributed by atoms with E-state index in [4.69, 9.17) is 16.7 Å². The van der Waals surface area contributed by atoms with Crippen LogP contribution in [0.15, 0.2) is 24.3 Å². The van der Waals surface area contributed by atoms with Crippen LogP contribution in [0.2, 0.25) is 5.02 Å². The average molecular weight is 309 g/mol. The maximum Gasteiger partial charge on any atom is 0.358 e. The van der Waals surface area contributed by atoms with Crippen LogP contribution in [0.25, 0.3) is 0 Å². The maximum absolute atomic E-state index is 11.4. The Morgan fingerprint density at radius 3 is 2.57 bits per heavy atom. The van der Waals surface area contributed by atoms with E-state index in [1.807, 2.05) is 0 Å². The second kappa shape index (κ2) is 6.36. The Balaban J connectivity index is 2.34. The first-order chi connectivity index (χ1) is 10.0. The van der Waals surface area contributed by atoms with Crippen LogP contribution in [-0.4, -0.2) is 39.0 Å². The zero-order valence-corrected chi connectivity index (χ0v) is 12.0. The number of rotatable bonds is 5. The summed E-state index contributed by atoms with van der Waals surface area (Å²) < 4.78 is 1.29. The molecule has 0 atom stereocenters. The van der Waals surface area contributed by atoms with Crippen LogP contribution in [0.4, 0.5) is 0 Å². The molecule has 0 fully saturated rings. The number of carbonyl (C=O) groups excluding carboxylic acids is 1. The number of hydrogen-bond acceptors (Lipinski definition) is 4. The molecular weight excluding hydrogens is 296 g/mol. The number of carbonyl (C=O) groups is 2. The molecule has 2 rings (SSSR count). The normalized spacial score (nSPS) is 10.4. The van der Waals surface area contributed by atoms with E-state index in [1.54, 1.807) is 24.3 Å². The highest BCUT2D eigenvalue weighted by atomic mass is 35.5. The van der Waals surface area contributed by atoms with Crippen molar-refractivity contribution in [3.8, 4) is 0 Å². The number of likely N-dealkylation sites (N-methyl/N-ethyl adjacent to an activating group) is 1. The van der Waals surface area contributed by atoms with Crippen molar-refractivity contribution in [1.82, 2.24) is 20.3 Å². The van der Waals surface area contributed by atoms with E-state index >= 15 is 0 Å². The molecule has 8 heteroatoms. The highest BCUT2D eigenvalue weighted by molar-refractivity contribution is 6.30. The summed E-state index contributed by atoms with van der Waals surface area (Å²) in [5.74, 6) is -1.46. The molecule has 0 saturated carbocycles. The van der Waals surface area contributed by atoms with Gasteiger partial charge in [-0.25, -0.2) is 9.48 Å². The molecular formula is C13H13ClN4O3. The molecule has 0 bridgehead atoms. The number of carboxylic acid groups (broad SMARTS) is 1. The molecule has 0 radical (unpaired) electrons. The molecule has 7 nitrogen and oxygen atoms in total. The van der Waals surface area contributed by atoms with Crippen LogP contribution in [0.5, 0.6) is 0 Å². The standard InChI is InChI=1S/C13H13ClN4O3/c1-15-11(19)7-18-10(12(13(20)21)16-17-18)6-8-2-4-9(14)5-3-8/h2-5H,6-7H2,1H3,(H,15,19)(H,20,21). The Hall–Kier alpha value is -2.41. The first-order valence-electron chi connectivity index (χ1n) is 6.12. The summed E-state index contributed by atoms with van der Waals surface area (Å²) >= 11 is 5.82. The number of hydrogen-bond donors (Lipinski definition) is 2. The van der Waals surface area contributed by atoms with Gasteiger partial charge in [-0.2, -0.15) is 0 Å². The predicted molar refractivity (Wildman–Crippen MR) is 75.3 cm³/mol. The molecule has 1 aromatic carbocycles. The van der Waals surface area contributed by atoms with E-state index in [1.165, 1.54) is 11.7 Å². The largest absolute Gasteiger partial charge is 0.476 e. The monoisotopic (exact) mass is 308 g/mol. The summed E-state index contributed by atoms with van der Waals surface area (Å²) in [4.78, 5) is 22.6. The number of nitrogens with zero attached hydrogens (tertiary/aromatic N) is 3. The molecule has 0 aliphatic rings. The van der Waals surface area contributed by atoms with E-state index in [0.717, 1.165) is 5.56 Å². The fourth-order valence-electron chi connectivity index (χ4n) is 1.81. The number of amides is 1. The lowest BCUT2D eigenvalue weighted by Crippen LogP contribution is -2.25. The van der Waals surface area contributed by atoms with Crippen molar-refractivity contribution in [2.75, 3.05) is 7.05 Å². The third-order valence-corrected chi connectivity index (χ3v) is 3.15. The molecule has 0 spiro atoms. The molecule has 1 amide bonds. The van der Waals surface area contributed by atoms with Crippen LogP contribution in [0.3, 0.4) is 0 Å². The van der Waals surface area contributed by atoms with Crippen molar-refractivity contribution in [3.05, 3.63) is 46.2 Å². The van der Waals surface area contributed by atoms with Crippen molar-refractivity contribution in [2.45, 2.75) is 13.0 Å². The van der Waals surface area contributed by atoms with E-state index in [0.29, 0.717) is 17.1 Å². The second-order valence-electron chi connectivity index (χ2n) is 4.32. The minimum Gasteiger partial charge on any atom is -0.476 e. The SMILES string of the molecule is CNC(=O)Cn1nnc(C(=O)O)c1Cc1ccc(Cl)cc1. The number of aromatic carboxylic acids is 1.